The number of ether oxygens (including phenoxy) is 2. The summed E-state index contributed by atoms with van der Waals surface area (Å²) in [6.07, 6.45) is 0.664. The monoisotopic (exact) mass is 393 g/mol. The van der Waals surface area contributed by atoms with Crippen molar-refractivity contribution in [3.8, 4) is 0 Å². The van der Waals surface area contributed by atoms with Gasteiger partial charge in [0.2, 0.25) is 0 Å². The van der Waals surface area contributed by atoms with Crippen LogP contribution in [0.15, 0.2) is 45.4 Å². The number of allylic oxidation sites excluding steroid dienone is 1. The first-order valence-electron chi connectivity index (χ1n) is 8.74. The fraction of sp³-hybridized carbons (Fsp3) is 0.450. The summed E-state index contributed by atoms with van der Waals surface area (Å²) in [7, 11) is 1.32. The van der Waals surface area contributed by atoms with E-state index in [1.807, 2.05) is 6.92 Å². The standard InChI is InChI=1S/C20H24FNO4S/c1-12-17(19(23)25-4)13(2)22-14(3)18(12)20(24)26-10-5-11-27-16-8-6-15(21)7-9-16/h6-9,12,17H,5,10-11H2,1-4H3. The minimum absolute atomic E-state index is 0.262. The SMILES string of the molecule is COC(=O)C1C(C)=NC(C)=C(C(=O)OCCCSc2ccc(F)cc2)C1C. The van der Waals surface area contributed by atoms with Crippen LogP contribution >= 0.6 is 11.8 Å². The second-order valence-electron chi connectivity index (χ2n) is 6.33. The Labute approximate surface area is 163 Å². The third-order valence-electron chi connectivity index (χ3n) is 4.42. The van der Waals surface area contributed by atoms with Gasteiger partial charge in [0, 0.05) is 28.0 Å². The van der Waals surface area contributed by atoms with Gasteiger partial charge in [-0.3, -0.25) is 9.79 Å². The van der Waals surface area contributed by atoms with Crippen LogP contribution in [0, 0.1) is 17.7 Å². The van der Waals surface area contributed by atoms with Gasteiger partial charge in [-0.25, -0.2) is 9.18 Å². The molecule has 0 aliphatic carbocycles. The number of benzene rings is 1. The third-order valence-corrected chi connectivity index (χ3v) is 5.52. The molecule has 1 aromatic carbocycles. The highest BCUT2D eigenvalue weighted by Gasteiger charge is 2.38. The van der Waals surface area contributed by atoms with Gasteiger partial charge in [0.25, 0.3) is 0 Å². The van der Waals surface area contributed by atoms with Crippen molar-refractivity contribution in [1.82, 2.24) is 0 Å². The first-order chi connectivity index (χ1) is 12.8. The molecule has 0 bridgehead atoms. The summed E-state index contributed by atoms with van der Waals surface area (Å²) in [5, 5.41) is 0. The molecule has 2 rings (SSSR count). The van der Waals surface area contributed by atoms with E-state index in [2.05, 4.69) is 4.99 Å². The summed E-state index contributed by atoms with van der Waals surface area (Å²) in [4.78, 5) is 29.8. The highest BCUT2D eigenvalue weighted by molar-refractivity contribution is 7.99. The molecule has 2 unspecified atom stereocenters. The van der Waals surface area contributed by atoms with E-state index in [0.29, 0.717) is 23.4 Å². The Kier molecular flexibility index (Phi) is 7.59. The zero-order chi connectivity index (χ0) is 20.0. The number of hydrogen-bond donors (Lipinski definition) is 0. The van der Waals surface area contributed by atoms with E-state index in [4.69, 9.17) is 9.47 Å². The molecule has 27 heavy (non-hydrogen) atoms. The van der Waals surface area contributed by atoms with Crippen LogP contribution in [0.25, 0.3) is 0 Å². The van der Waals surface area contributed by atoms with Gasteiger partial charge in [0.05, 0.1) is 19.3 Å². The lowest BCUT2D eigenvalue weighted by Crippen LogP contribution is -2.36. The van der Waals surface area contributed by atoms with Gasteiger partial charge in [-0.2, -0.15) is 0 Å². The molecule has 146 valence electrons. The van der Waals surface area contributed by atoms with E-state index in [1.54, 1.807) is 37.7 Å². The minimum atomic E-state index is -0.574. The second-order valence-corrected chi connectivity index (χ2v) is 7.50. The van der Waals surface area contributed by atoms with Crippen LogP contribution in [0.1, 0.15) is 27.2 Å². The number of carbonyl (C=O) groups is 2. The maximum absolute atomic E-state index is 12.9. The largest absolute Gasteiger partial charge is 0.468 e. The number of hydrogen-bond acceptors (Lipinski definition) is 6. The summed E-state index contributed by atoms with van der Waals surface area (Å²) in [6, 6.07) is 6.28. The summed E-state index contributed by atoms with van der Waals surface area (Å²) in [5.41, 5.74) is 1.63. The quantitative estimate of drug-likeness (QED) is 0.398. The fourth-order valence-corrected chi connectivity index (χ4v) is 3.94. The molecule has 5 nitrogen and oxygen atoms in total. The smallest absolute Gasteiger partial charge is 0.336 e. The molecule has 1 aliphatic heterocycles. The molecule has 0 radical (unpaired) electrons. The molecule has 1 aromatic rings. The molecule has 0 fully saturated rings. The molecule has 0 N–H and O–H groups in total. The first-order valence-corrected chi connectivity index (χ1v) is 9.73. The minimum Gasteiger partial charge on any atom is -0.468 e. The topological polar surface area (TPSA) is 65.0 Å². The van der Waals surface area contributed by atoms with Crippen molar-refractivity contribution in [2.45, 2.75) is 32.1 Å². The average molecular weight is 393 g/mol. The molecule has 1 aliphatic rings. The van der Waals surface area contributed by atoms with Gasteiger partial charge in [0.1, 0.15) is 11.7 Å². The van der Waals surface area contributed by atoms with Gasteiger partial charge in [0.15, 0.2) is 0 Å². The predicted octanol–water partition coefficient (Wildman–Crippen LogP) is 4.02. The molecular weight excluding hydrogens is 369 g/mol. The van der Waals surface area contributed by atoms with Gasteiger partial charge in [-0.05, 0) is 44.5 Å². The van der Waals surface area contributed by atoms with Crippen LogP contribution in [0.2, 0.25) is 0 Å². The van der Waals surface area contributed by atoms with Crippen molar-refractivity contribution < 1.29 is 23.5 Å². The van der Waals surface area contributed by atoms with Crippen LogP contribution in [0.3, 0.4) is 0 Å². The number of thioether (sulfide) groups is 1. The number of esters is 2. The first kappa shape index (κ1) is 21.2. The Hall–Kier alpha value is -2.15. The van der Waals surface area contributed by atoms with E-state index >= 15 is 0 Å². The van der Waals surface area contributed by atoms with Gasteiger partial charge in [-0.1, -0.05) is 6.92 Å². The molecule has 2 atom stereocenters. The van der Waals surface area contributed by atoms with Crippen molar-refractivity contribution in [2.75, 3.05) is 19.5 Å². The third kappa shape index (κ3) is 5.42. The lowest BCUT2D eigenvalue weighted by Gasteiger charge is -2.28. The summed E-state index contributed by atoms with van der Waals surface area (Å²) < 4.78 is 23.1. The maximum atomic E-state index is 12.9. The van der Waals surface area contributed by atoms with Crippen LogP contribution in [0.5, 0.6) is 0 Å². The van der Waals surface area contributed by atoms with Crippen LogP contribution in [-0.2, 0) is 19.1 Å². The lowest BCUT2D eigenvalue weighted by molar-refractivity contribution is -0.144. The summed E-state index contributed by atoms with van der Waals surface area (Å²) in [5.74, 6) is -1.30. The number of aliphatic imine (C=N–C) groups is 1. The Morgan fingerprint density at radius 1 is 1.22 bits per heavy atom. The van der Waals surface area contributed by atoms with Crippen molar-refractivity contribution in [3.05, 3.63) is 41.4 Å². The molecule has 7 heteroatoms. The summed E-state index contributed by atoms with van der Waals surface area (Å²) in [6.45, 7) is 5.58. The fourth-order valence-electron chi connectivity index (χ4n) is 3.11. The van der Waals surface area contributed by atoms with Gasteiger partial charge >= 0.3 is 11.9 Å². The molecule has 0 spiro atoms. The molecule has 1 heterocycles. The Morgan fingerprint density at radius 3 is 2.52 bits per heavy atom. The zero-order valence-electron chi connectivity index (χ0n) is 16.0. The van der Waals surface area contributed by atoms with Crippen LogP contribution < -0.4 is 0 Å². The van der Waals surface area contributed by atoms with E-state index < -0.39 is 17.9 Å². The summed E-state index contributed by atoms with van der Waals surface area (Å²) >= 11 is 1.57. The maximum Gasteiger partial charge on any atom is 0.336 e. The van der Waals surface area contributed by atoms with Crippen molar-refractivity contribution in [1.29, 1.82) is 0 Å². The molecular formula is C20H24FNO4S. The van der Waals surface area contributed by atoms with Crippen molar-refractivity contribution >= 4 is 29.4 Å². The van der Waals surface area contributed by atoms with E-state index in [1.165, 1.54) is 19.2 Å². The number of halogens is 1. The van der Waals surface area contributed by atoms with Gasteiger partial charge < -0.3 is 9.47 Å². The Morgan fingerprint density at radius 2 is 1.89 bits per heavy atom. The Bertz CT molecular complexity index is 758. The number of rotatable bonds is 7. The van der Waals surface area contributed by atoms with E-state index in [9.17, 15) is 14.0 Å². The Balaban J connectivity index is 1.88. The van der Waals surface area contributed by atoms with Crippen molar-refractivity contribution in [2.24, 2.45) is 16.8 Å². The van der Waals surface area contributed by atoms with Crippen molar-refractivity contribution in [3.63, 3.8) is 0 Å². The second kappa shape index (κ2) is 9.69. The average Bonchev–Trinajstić information content (AvgIpc) is 2.62. The molecule has 0 saturated carbocycles. The van der Waals surface area contributed by atoms with Crippen LogP contribution in [-0.4, -0.2) is 37.1 Å². The normalized spacial score (nSPS) is 19.5. The highest BCUT2D eigenvalue weighted by Crippen LogP contribution is 2.32. The van der Waals surface area contributed by atoms with Gasteiger partial charge in [-0.15, -0.1) is 11.8 Å². The predicted molar refractivity (Wildman–Crippen MR) is 103 cm³/mol. The van der Waals surface area contributed by atoms with E-state index in [0.717, 1.165) is 10.6 Å². The molecule has 0 aromatic heterocycles. The number of methoxy groups -OCH3 is 1. The van der Waals surface area contributed by atoms with Crippen LogP contribution in [0.4, 0.5) is 4.39 Å². The van der Waals surface area contributed by atoms with E-state index in [-0.39, 0.29) is 18.3 Å². The number of carbonyl (C=O) groups excluding carboxylic acids is 2. The number of nitrogens with zero attached hydrogens (tertiary/aromatic N) is 1. The highest BCUT2D eigenvalue weighted by atomic mass is 32.2. The lowest BCUT2D eigenvalue weighted by atomic mass is 9.81. The molecule has 0 amide bonds. The molecule has 0 saturated heterocycles. The zero-order valence-corrected chi connectivity index (χ0v) is 16.8.